The number of nitrogens with one attached hydrogen (secondary N) is 2. The first kappa shape index (κ1) is 19.9. The molecule has 0 radical (unpaired) electrons. The number of carbonyl (C=O) groups excluding carboxylic acids is 1. The summed E-state index contributed by atoms with van der Waals surface area (Å²) in [6, 6.07) is 13.7. The van der Waals surface area contributed by atoms with E-state index in [0.29, 0.717) is 12.3 Å². The van der Waals surface area contributed by atoms with E-state index in [9.17, 15) is 13.6 Å². The molecule has 1 aliphatic rings. The van der Waals surface area contributed by atoms with Gasteiger partial charge in [0, 0.05) is 25.2 Å². The summed E-state index contributed by atoms with van der Waals surface area (Å²) in [5, 5.41) is 10.3. The van der Waals surface area contributed by atoms with Crippen LogP contribution in [0.1, 0.15) is 12.8 Å². The fourth-order valence-electron chi connectivity index (χ4n) is 3.50. The van der Waals surface area contributed by atoms with Crippen LogP contribution in [0.2, 0.25) is 0 Å². The van der Waals surface area contributed by atoms with Crippen LogP contribution in [-0.4, -0.2) is 41.8 Å². The van der Waals surface area contributed by atoms with Gasteiger partial charge in [-0.25, -0.2) is 8.78 Å². The van der Waals surface area contributed by atoms with Crippen LogP contribution in [0.4, 0.5) is 14.6 Å². The molecule has 8 heteroatoms. The van der Waals surface area contributed by atoms with Crippen molar-refractivity contribution in [3.63, 3.8) is 0 Å². The first-order chi connectivity index (χ1) is 14.6. The number of benzene rings is 2. The zero-order valence-corrected chi connectivity index (χ0v) is 16.3. The third kappa shape index (κ3) is 4.94. The predicted molar refractivity (Wildman–Crippen MR) is 109 cm³/mol. The molecule has 1 aliphatic heterocycles. The average Bonchev–Trinajstić information content (AvgIpc) is 3.24. The number of rotatable bonds is 6. The van der Waals surface area contributed by atoms with E-state index in [2.05, 4.69) is 20.4 Å². The lowest BCUT2D eigenvalue weighted by atomic mass is 10.1. The Bertz CT molecular complexity index is 989. The number of anilines is 1. The fourth-order valence-corrected chi connectivity index (χ4v) is 3.50. The van der Waals surface area contributed by atoms with Gasteiger partial charge >= 0.3 is 0 Å². The lowest BCUT2D eigenvalue weighted by Gasteiger charge is -2.33. The van der Waals surface area contributed by atoms with Crippen LogP contribution in [-0.2, 0) is 4.79 Å². The quantitative estimate of drug-likeness (QED) is 0.650. The number of piperidine rings is 1. The van der Waals surface area contributed by atoms with Crippen LogP contribution in [0.25, 0.3) is 11.3 Å². The van der Waals surface area contributed by atoms with Crippen molar-refractivity contribution < 1.29 is 18.3 Å². The molecule has 1 fully saturated rings. The summed E-state index contributed by atoms with van der Waals surface area (Å²) in [5.74, 6) is 0.379. The van der Waals surface area contributed by atoms with Gasteiger partial charge in [-0.2, -0.15) is 5.10 Å². The maximum absolute atomic E-state index is 13.1. The Kier molecular flexibility index (Phi) is 5.92. The molecule has 2 aromatic carbocycles. The van der Waals surface area contributed by atoms with Crippen molar-refractivity contribution in [2.45, 2.75) is 18.9 Å². The molecule has 30 heavy (non-hydrogen) atoms. The van der Waals surface area contributed by atoms with Gasteiger partial charge < -0.3 is 15.0 Å². The SMILES string of the molecule is O=C(COc1ccc(F)cc1)N[C@@H]1CCCN(c2cc(-c3ccc(F)cc3)[nH]n2)C1. The van der Waals surface area contributed by atoms with Crippen molar-refractivity contribution >= 4 is 11.7 Å². The van der Waals surface area contributed by atoms with E-state index in [0.717, 1.165) is 36.5 Å². The van der Waals surface area contributed by atoms with E-state index in [4.69, 9.17) is 4.74 Å². The number of hydrogen-bond acceptors (Lipinski definition) is 4. The normalized spacial score (nSPS) is 16.3. The summed E-state index contributed by atoms with van der Waals surface area (Å²) >= 11 is 0. The number of ether oxygens (including phenoxy) is 1. The molecule has 0 aliphatic carbocycles. The Labute approximate surface area is 172 Å². The molecule has 156 valence electrons. The van der Waals surface area contributed by atoms with Crippen molar-refractivity contribution in [1.29, 1.82) is 0 Å². The highest BCUT2D eigenvalue weighted by Gasteiger charge is 2.23. The summed E-state index contributed by atoms with van der Waals surface area (Å²) in [7, 11) is 0. The summed E-state index contributed by atoms with van der Waals surface area (Å²) in [6.45, 7) is 1.35. The molecule has 6 nitrogen and oxygen atoms in total. The molecule has 1 amide bonds. The standard InChI is InChI=1S/C22H22F2N4O2/c23-16-5-3-15(4-6-16)20-12-21(27-26-20)28-11-1-2-18(13-28)25-22(29)14-30-19-9-7-17(24)8-10-19/h3-10,12,18H,1-2,11,13-14H2,(H,25,29)(H,26,27)/t18-/m1/s1. The molecule has 1 aromatic heterocycles. The van der Waals surface area contributed by atoms with Crippen molar-refractivity contribution in [3.8, 4) is 17.0 Å². The van der Waals surface area contributed by atoms with E-state index >= 15 is 0 Å². The molecular weight excluding hydrogens is 390 g/mol. The molecule has 3 aromatic rings. The number of hydrogen-bond donors (Lipinski definition) is 2. The summed E-state index contributed by atoms with van der Waals surface area (Å²) in [6.07, 6.45) is 1.79. The van der Waals surface area contributed by atoms with Crippen LogP contribution >= 0.6 is 0 Å². The Morgan fingerprint density at radius 3 is 2.57 bits per heavy atom. The van der Waals surface area contributed by atoms with Gasteiger partial charge in [-0.1, -0.05) is 0 Å². The third-order valence-electron chi connectivity index (χ3n) is 5.01. The van der Waals surface area contributed by atoms with Gasteiger partial charge in [0.25, 0.3) is 5.91 Å². The Morgan fingerprint density at radius 1 is 1.13 bits per heavy atom. The van der Waals surface area contributed by atoms with Gasteiger partial charge in [-0.05, 0) is 66.9 Å². The molecule has 0 spiro atoms. The second-order valence-corrected chi connectivity index (χ2v) is 7.24. The van der Waals surface area contributed by atoms with Crippen LogP contribution in [0, 0.1) is 11.6 Å². The maximum Gasteiger partial charge on any atom is 0.258 e. The maximum atomic E-state index is 13.1. The molecular formula is C22H22F2N4O2. The van der Waals surface area contributed by atoms with E-state index < -0.39 is 0 Å². The molecule has 2 N–H and O–H groups in total. The lowest BCUT2D eigenvalue weighted by molar-refractivity contribution is -0.123. The first-order valence-electron chi connectivity index (χ1n) is 9.81. The topological polar surface area (TPSA) is 70.2 Å². The molecule has 1 saturated heterocycles. The Balaban J connectivity index is 1.31. The zero-order chi connectivity index (χ0) is 20.9. The second-order valence-electron chi connectivity index (χ2n) is 7.24. The van der Waals surface area contributed by atoms with Crippen LogP contribution in [0.3, 0.4) is 0 Å². The average molecular weight is 412 g/mol. The summed E-state index contributed by atoms with van der Waals surface area (Å²) < 4.78 is 31.4. The number of aromatic amines is 1. The highest BCUT2D eigenvalue weighted by molar-refractivity contribution is 5.78. The van der Waals surface area contributed by atoms with E-state index in [-0.39, 0.29) is 30.2 Å². The van der Waals surface area contributed by atoms with Crippen LogP contribution in [0.5, 0.6) is 5.75 Å². The third-order valence-corrected chi connectivity index (χ3v) is 5.01. The number of amides is 1. The lowest BCUT2D eigenvalue weighted by Crippen LogP contribution is -2.49. The number of halogens is 2. The van der Waals surface area contributed by atoms with Gasteiger partial charge in [-0.3, -0.25) is 9.89 Å². The molecule has 0 saturated carbocycles. The minimum absolute atomic E-state index is 0.0194. The minimum Gasteiger partial charge on any atom is -0.484 e. The zero-order valence-electron chi connectivity index (χ0n) is 16.3. The molecule has 0 bridgehead atoms. The van der Waals surface area contributed by atoms with Gasteiger partial charge in [0.15, 0.2) is 12.4 Å². The van der Waals surface area contributed by atoms with E-state index in [1.807, 2.05) is 6.07 Å². The van der Waals surface area contributed by atoms with Crippen molar-refractivity contribution in [2.24, 2.45) is 0 Å². The van der Waals surface area contributed by atoms with E-state index in [1.165, 1.54) is 36.4 Å². The van der Waals surface area contributed by atoms with E-state index in [1.54, 1.807) is 12.1 Å². The largest absolute Gasteiger partial charge is 0.484 e. The van der Waals surface area contributed by atoms with Crippen molar-refractivity contribution in [1.82, 2.24) is 15.5 Å². The number of nitrogens with zero attached hydrogens (tertiary/aromatic N) is 2. The fraction of sp³-hybridized carbons (Fsp3) is 0.273. The molecule has 0 unspecified atom stereocenters. The molecule has 2 heterocycles. The second kappa shape index (κ2) is 8.94. The molecule has 1 atom stereocenters. The number of aromatic nitrogens is 2. The Morgan fingerprint density at radius 2 is 1.83 bits per heavy atom. The van der Waals surface area contributed by atoms with Gasteiger partial charge in [0.05, 0.1) is 5.69 Å². The monoisotopic (exact) mass is 412 g/mol. The summed E-state index contributed by atoms with van der Waals surface area (Å²) in [5.41, 5.74) is 1.67. The van der Waals surface area contributed by atoms with Crippen molar-refractivity contribution in [3.05, 3.63) is 66.2 Å². The first-order valence-corrected chi connectivity index (χ1v) is 9.81. The van der Waals surface area contributed by atoms with Crippen LogP contribution < -0.4 is 15.0 Å². The highest BCUT2D eigenvalue weighted by Crippen LogP contribution is 2.24. The van der Waals surface area contributed by atoms with Crippen LogP contribution in [0.15, 0.2) is 54.6 Å². The molecule has 4 rings (SSSR count). The predicted octanol–water partition coefficient (Wildman–Crippen LogP) is 3.52. The minimum atomic E-state index is -0.352. The van der Waals surface area contributed by atoms with Gasteiger partial charge in [0.2, 0.25) is 0 Å². The number of carbonyl (C=O) groups is 1. The smallest absolute Gasteiger partial charge is 0.258 e. The van der Waals surface area contributed by atoms with Gasteiger partial charge in [-0.15, -0.1) is 0 Å². The number of H-pyrrole nitrogens is 1. The highest BCUT2D eigenvalue weighted by atomic mass is 19.1. The van der Waals surface area contributed by atoms with Crippen molar-refractivity contribution in [2.75, 3.05) is 24.6 Å². The summed E-state index contributed by atoms with van der Waals surface area (Å²) in [4.78, 5) is 14.3. The van der Waals surface area contributed by atoms with Gasteiger partial charge in [0.1, 0.15) is 17.4 Å². The Hall–Kier alpha value is -3.42.